The Morgan fingerprint density at radius 2 is 2.20 bits per heavy atom. The Morgan fingerprint density at radius 3 is 2.80 bits per heavy atom. The second-order valence-corrected chi connectivity index (χ2v) is 4.64. The SMILES string of the molecule is OCC1(Cc2ccccc2Cl)CCCN1. The summed E-state index contributed by atoms with van der Waals surface area (Å²) in [5.74, 6) is 0. The molecule has 1 unspecified atom stereocenters. The first-order valence-electron chi connectivity index (χ1n) is 5.35. The monoisotopic (exact) mass is 225 g/mol. The third-order valence-corrected chi connectivity index (χ3v) is 3.49. The van der Waals surface area contributed by atoms with Gasteiger partial charge >= 0.3 is 0 Å². The fourth-order valence-corrected chi connectivity index (χ4v) is 2.42. The summed E-state index contributed by atoms with van der Waals surface area (Å²) < 4.78 is 0. The lowest BCUT2D eigenvalue weighted by molar-refractivity contribution is 0.177. The molecule has 1 fully saturated rings. The van der Waals surface area contributed by atoms with E-state index >= 15 is 0 Å². The topological polar surface area (TPSA) is 32.3 Å². The Labute approximate surface area is 95.3 Å². The van der Waals surface area contributed by atoms with Crippen molar-refractivity contribution in [2.45, 2.75) is 24.8 Å². The summed E-state index contributed by atoms with van der Waals surface area (Å²) in [6.07, 6.45) is 2.96. The number of rotatable bonds is 3. The van der Waals surface area contributed by atoms with E-state index in [9.17, 15) is 5.11 Å². The van der Waals surface area contributed by atoms with Crippen LogP contribution in [0.5, 0.6) is 0 Å². The predicted octanol–water partition coefficient (Wildman–Crippen LogP) is 2.00. The molecule has 1 saturated heterocycles. The molecule has 0 radical (unpaired) electrons. The van der Waals surface area contributed by atoms with E-state index in [0.29, 0.717) is 0 Å². The smallest absolute Gasteiger partial charge is 0.0616 e. The average Bonchev–Trinajstić information content (AvgIpc) is 2.71. The first kappa shape index (κ1) is 10.9. The minimum Gasteiger partial charge on any atom is -0.394 e. The van der Waals surface area contributed by atoms with Crippen LogP contribution in [0.15, 0.2) is 24.3 Å². The molecule has 0 saturated carbocycles. The minimum absolute atomic E-state index is 0.148. The summed E-state index contributed by atoms with van der Waals surface area (Å²) in [6, 6.07) is 7.84. The number of benzene rings is 1. The van der Waals surface area contributed by atoms with E-state index < -0.39 is 0 Å². The highest BCUT2D eigenvalue weighted by Crippen LogP contribution is 2.26. The van der Waals surface area contributed by atoms with Crippen LogP contribution in [0, 0.1) is 0 Å². The molecule has 1 aliphatic heterocycles. The van der Waals surface area contributed by atoms with Crippen molar-refractivity contribution >= 4 is 11.6 Å². The van der Waals surface area contributed by atoms with E-state index in [0.717, 1.165) is 36.4 Å². The summed E-state index contributed by atoms with van der Waals surface area (Å²) in [5.41, 5.74) is 0.966. The highest BCUT2D eigenvalue weighted by atomic mass is 35.5. The molecular weight excluding hydrogens is 210 g/mol. The van der Waals surface area contributed by atoms with Crippen LogP contribution < -0.4 is 5.32 Å². The summed E-state index contributed by atoms with van der Waals surface area (Å²) in [6.45, 7) is 1.17. The van der Waals surface area contributed by atoms with E-state index in [1.165, 1.54) is 0 Å². The zero-order chi connectivity index (χ0) is 10.7. The number of nitrogens with one attached hydrogen (secondary N) is 1. The normalized spacial score (nSPS) is 25.7. The van der Waals surface area contributed by atoms with Crippen LogP contribution in [0.25, 0.3) is 0 Å². The lowest BCUT2D eigenvalue weighted by Gasteiger charge is -2.27. The molecule has 15 heavy (non-hydrogen) atoms. The van der Waals surface area contributed by atoms with Gasteiger partial charge in [-0.05, 0) is 37.4 Å². The molecule has 0 aromatic heterocycles. The molecule has 1 aromatic carbocycles. The van der Waals surface area contributed by atoms with Crippen LogP contribution in [0.2, 0.25) is 5.02 Å². The van der Waals surface area contributed by atoms with E-state index in [1.807, 2.05) is 24.3 Å². The Balaban J connectivity index is 2.16. The molecule has 2 N–H and O–H groups in total. The van der Waals surface area contributed by atoms with E-state index in [-0.39, 0.29) is 12.1 Å². The number of hydrogen-bond acceptors (Lipinski definition) is 2. The van der Waals surface area contributed by atoms with Gasteiger partial charge in [0.25, 0.3) is 0 Å². The molecule has 1 aliphatic rings. The van der Waals surface area contributed by atoms with E-state index in [1.54, 1.807) is 0 Å². The maximum atomic E-state index is 9.46. The van der Waals surface area contributed by atoms with Crippen molar-refractivity contribution in [2.75, 3.05) is 13.2 Å². The highest BCUT2D eigenvalue weighted by molar-refractivity contribution is 6.31. The number of aliphatic hydroxyl groups is 1. The quantitative estimate of drug-likeness (QED) is 0.825. The van der Waals surface area contributed by atoms with Gasteiger partial charge in [-0.15, -0.1) is 0 Å². The van der Waals surface area contributed by atoms with Crippen molar-refractivity contribution < 1.29 is 5.11 Å². The summed E-state index contributed by atoms with van der Waals surface area (Å²) >= 11 is 6.11. The Morgan fingerprint density at radius 1 is 1.40 bits per heavy atom. The minimum atomic E-state index is -0.148. The van der Waals surface area contributed by atoms with Gasteiger partial charge in [0.2, 0.25) is 0 Å². The Kier molecular flexibility index (Phi) is 3.29. The molecule has 0 spiro atoms. The van der Waals surface area contributed by atoms with Crippen molar-refractivity contribution in [3.63, 3.8) is 0 Å². The van der Waals surface area contributed by atoms with Crippen molar-refractivity contribution in [1.29, 1.82) is 0 Å². The highest BCUT2D eigenvalue weighted by Gasteiger charge is 2.33. The van der Waals surface area contributed by atoms with E-state index in [2.05, 4.69) is 5.32 Å². The summed E-state index contributed by atoms with van der Waals surface area (Å²) in [7, 11) is 0. The van der Waals surface area contributed by atoms with Crippen LogP contribution in [-0.4, -0.2) is 23.8 Å². The fourth-order valence-electron chi connectivity index (χ4n) is 2.22. The fraction of sp³-hybridized carbons (Fsp3) is 0.500. The molecule has 0 aliphatic carbocycles. The van der Waals surface area contributed by atoms with Crippen molar-refractivity contribution in [3.05, 3.63) is 34.9 Å². The molecule has 2 rings (SSSR count). The molecule has 1 atom stereocenters. The largest absolute Gasteiger partial charge is 0.394 e. The van der Waals surface area contributed by atoms with Crippen molar-refractivity contribution in [2.24, 2.45) is 0 Å². The van der Waals surface area contributed by atoms with Gasteiger partial charge < -0.3 is 10.4 Å². The summed E-state index contributed by atoms with van der Waals surface area (Å²) in [4.78, 5) is 0. The lowest BCUT2D eigenvalue weighted by Crippen LogP contribution is -2.45. The molecule has 0 amide bonds. The second kappa shape index (κ2) is 4.52. The summed E-state index contributed by atoms with van der Waals surface area (Å²) in [5, 5.41) is 13.6. The third kappa shape index (κ3) is 2.33. The van der Waals surface area contributed by atoms with Crippen LogP contribution in [-0.2, 0) is 6.42 Å². The molecular formula is C12H16ClNO. The number of halogens is 1. The zero-order valence-electron chi connectivity index (χ0n) is 8.67. The van der Waals surface area contributed by atoms with Gasteiger partial charge in [-0.3, -0.25) is 0 Å². The Hall–Kier alpha value is -0.570. The zero-order valence-corrected chi connectivity index (χ0v) is 9.43. The Bertz CT molecular complexity index is 334. The van der Waals surface area contributed by atoms with Gasteiger partial charge in [-0.25, -0.2) is 0 Å². The molecule has 1 aromatic rings. The average molecular weight is 226 g/mol. The molecule has 3 heteroatoms. The number of hydrogen-bond donors (Lipinski definition) is 2. The van der Waals surface area contributed by atoms with Crippen molar-refractivity contribution in [3.8, 4) is 0 Å². The van der Waals surface area contributed by atoms with Crippen LogP contribution in [0.4, 0.5) is 0 Å². The molecule has 82 valence electrons. The van der Waals surface area contributed by atoms with Crippen molar-refractivity contribution in [1.82, 2.24) is 5.32 Å². The van der Waals surface area contributed by atoms with Crippen LogP contribution in [0.3, 0.4) is 0 Å². The maximum absolute atomic E-state index is 9.46. The third-order valence-electron chi connectivity index (χ3n) is 3.12. The van der Waals surface area contributed by atoms with Gasteiger partial charge in [0, 0.05) is 10.6 Å². The second-order valence-electron chi connectivity index (χ2n) is 4.24. The van der Waals surface area contributed by atoms with Crippen LogP contribution in [0.1, 0.15) is 18.4 Å². The first-order chi connectivity index (χ1) is 7.26. The molecule has 0 bridgehead atoms. The van der Waals surface area contributed by atoms with Crippen LogP contribution >= 0.6 is 11.6 Å². The van der Waals surface area contributed by atoms with Gasteiger partial charge in [0.1, 0.15) is 0 Å². The number of aliphatic hydroxyl groups excluding tert-OH is 1. The standard InChI is InChI=1S/C12H16ClNO/c13-11-5-2-1-4-10(11)8-12(9-15)6-3-7-14-12/h1-2,4-5,14-15H,3,6-9H2. The molecule has 1 heterocycles. The first-order valence-corrected chi connectivity index (χ1v) is 5.73. The lowest BCUT2D eigenvalue weighted by atomic mass is 9.90. The van der Waals surface area contributed by atoms with Gasteiger partial charge in [0.05, 0.1) is 6.61 Å². The maximum Gasteiger partial charge on any atom is 0.0616 e. The van der Waals surface area contributed by atoms with Gasteiger partial charge in [-0.2, -0.15) is 0 Å². The van der Waals surface area contributed by atoms with Gasteiger partial charge in [-0.1, -0.05) is 29.8 Å². The van der Waals surface area contributed by atoms with E-state index in [4.69, 9.17) is 11.6 Å². The molecule has 2 nitrogen and oxygen atoms in total. The van der Waals surface area contributed by atoms with Gasteiger partial charge in [0.15, 0.2) is 0 Å². The predicted molar refractivity (Wildman–Crippen MR) is 62.2 cm³/mol.